The number of benzene rings is 2. The lowest BCUT2D eigenvalue weighted by Crippen LogP contribution is -2.08. The van der Waals surface area contributed by atoms with E-state index in [1.807, 2.05) is 22.6 Å². The molecule has 0 aliphatic rings. The Hall–Kier alpha value is -2.36. The first-order valence-electron chi connectivity index (χ1n) is 7.94. The Morgan fingerprint density at radius 2 is 1.43 bits per heavy atom. The largest absolute Gasteiger partial charge is 0.465 e. The summed E-state index contributed by atoms with van der Waals surface area (Å²) in [4.78, 5) is 24.4. The molecular weight excluding hydrogens is 488 g/mol. The summed E-state index contributed by atoms with van der Waals surface area (Å²) in [5.74, 6) is -1.30. The minimum Gasteiger partial charge on any atom is -0.465 e. The number of hydrogen-bond donors (Lipinski definition) is 0. The van der Waals surface area contributed by atoms with Gasteiger partial charge in [0.15, 0.2) is 0 Å². The van der Waals surface area contributed by atoms with Crippen LogP contribution in [0.3, 0.4) is 0 Å². The molecule has 0 unspecified atom stereocenters. The second-order valence-electron chi connectivity index (χ2n) is 5.80. The third kappa shape index (κ3) is 5.12. The zero-order chi connectivity index (χ0) is 21.1. The molecule has 0 aliphatic heterocycles. The second kappa shape index (κ2) is 8.76. The third-order valence-corrected chi connectivity index (χ3v) is 4.61. The standard InChI is InChI=1S/C20H16F3IO4/c1-11(10-20(21,22)23)12-4-6-14(18(25)27-2)16(8-12)17-9-13(24)5-7-15(17)19(26)28-3/h4-10H,1-3H3/b11-10+. The summed E-state index contributed by atoms with van der Waals surface area (Å²) in [5, 5.41) is 0. The molecule has 2 rings (SSSR count). The maximum atomic E-state index is 12.7. The lowest BCUT2D eigenvalue weighted by molar-refractivity contribution is -0.0793. The van der Waals surface area contributed by atoms with Gasteiger partial charge in [0.1, 0.15) is 0 Å². The summed E-state index contributed by atoms with van der Waals surface area (Å²) in [5.41, 5.74) is 1.17. The predicted molar refractivity (Wildman–Crippen MR) is 107 cm³/mol. The molecule has 0 saturated heterocycles. The van der Waals surface area contributed by atoms with Crippen LogP contribution in [0, 0.1) is 3.57 Å². The van der Waals surface area contributed by atoms with Gasteiger partial charge in [0.2, 0.25) is 0 Å². The number of hydrogen-bond acceptors (Lipinski definition) is 4. The van der Waals surface area contributed by atoms with Gasteiger partial charge in [0, 0.05) is 9.65 Å². The number of rotatable bonds is 4. The van der Waals surface area contributed by atoms with Crippen LogP contribution >= 0.6 is 22.6 Å². The van der Waals surface area contributed by atoms with Crippen molar-refractivity contribution in [1.29, 1.82) is 0 Å². The molecule has 0 amide bonds. The van der Waals surface area contributed by atoms with Gasteiger partial charge < -0.3 is 9.47 Å². The van der Waals surface area contributed by atoms with E-state index in [9.17, 15) is 22.8 Å². The smallest absolute Gasteiger partial charge is 0.410 e. The molecule has 28 heavy (non-hydrogen) atoms. The van der Waals surface area contributed by atoms with Gasteiger partial charge in [-0.1, -0.05) is 6.07 Å². The monoisotopic (exact) mass is 504 g/mol. The number of alkyl halides is 3. The zero-order valence-electron chi connectivity index (χ0n) is 15.2. The molecule has 0 bridgehead atoms. The minimum atomic E-state index is -4.48. The van der Waals surface area contributed by atoms with Gasteiger partial charge in [0.25, 0.3) is 0 Å². The van der Waals surface area contributed by atoms with Crippen molar-refractivity contribution in [3.05, 3.63) is 62.7 Å². The van der Waals surface area contributed by atoms with Crippen molar-refractivity contribution in [1.82, 2.24) is 0 Å². The fourth-order valence-electron chi connectivity index (χ4n) is 2.66. The molecule has 0 heterocycles. The molecule has 0 N–H and O–H groups in total. The molecule has 0 radical (unpaired) electrons. The molecule has 0 fully saturated rings. The number of carbonyl (C=O) groups excluding carboxylic acids is 2. The van der Waals surface area contributed by atoms with Gasteiger partial charge in [-0.2, -0.15) is 13.2 Å². The van der Waals surface area contributed by atoms with Crippen LogP contribution in [0.5, 0.6) is 0 Å². The lowest BCUT2D eigenvalue weighted by atomic mass is 9.92. The quantitative estimate of drug-likeness (QED) is 0.408. The van der Waals surface area contributed by atoms with Crippen molar-refractivity contribution in [3.8, 4) is 11.1 Å². The normalized spacial score (nSPS) is 11.9. The Balaban J connectivity index is 2.79. The van der Waals surface area contributed by atoms with Gasteiger partial charge in [-0.25, -0.2) is 9.59 Å². The summed E-state index contributed by atoms with van der Waals surface area (Å²) in [7, 11) is 2.42. The van der Waals surface area contributed by atoms with Crippen LogP contribution in [0.25, 0.3) is 16.7 Å². The number of allylic oxidation sites excluding steroid dienone is 2. The van der Waals surface area contributed by atoms with Gasteiger partial charge in [-0.15, -0.1) is 0 Å². The number of esters is 2. The van der Waals surface area contributed by atoms with Gasteiger partial charge in [-0.3, -0.25) is 0 Å². The highest BCUT2D eigenvalue weighted by Gasteiger charge is 2.25. The highest BCUT2D eigenvalue weighted by Crippen LogP contribution is 2.33. The van der Waals surface area contributed by atoms with Crippen molar-refractivity contribution < 1.29 is 32.2 Å². The summed E-state index contributed by atoms with van der Waals surface area (Å²) in [6.07, 6.45) is -4.30. The zero-order valence-corrected chi connectivity index (χ0v) is 17.3. The predicted octanol–water partition coefficient (Wildman–Crippen LogP) is 5.50. The Morgan fingerprint density at radius 1 is 0.929 bits per heavy atom. The Labute approximate surface area is 173 Å². The van der Waals surface area contributed by atoms with Crippen LogP contribution in [0.15, 0.2) is 42.5 Å². The van der Waals surface area contributed by atoms with Crippen LogP contribution in [-0.2, 0) is 9.47 Å². The topological polar surface area (TPSA) is 52.6 Å². The van der Waals surface area contributed by atoms with Gasteiger partial charge in [-0.05, 0) is 82.1 Å². The molecule has 148 valence electrons. The molecule has 0 aromatic heterocycles. The molecule has 8 heteroatoms. The van der Waals surface area contributed by atoms with Crippen molar-refractivity contribution >= 4 is 40.1 Å². The van der Waals surface area contributed by atoms with Crippen LogP contribution in [0.4, 0.5) is 13.2 Å². The first-order chi connectivity index (χ1) is 13.1. The Bertz CT molecular complexity index is 949. The molecule has 0 aliphatic carbocycles. The van der Waals surface area contributed by atoms with Crippen molar-refractivity contribution in [2.75, 3.05) is 14.2 Å². The number of ether oxygens (including phenoxy) is 2. The second-order valence-corrected chi connectivity index (χ2v) is 7.05. The van der Waals surface area contributed by atoms with Crippen LogP contribution in [0.2, 0.25) is 0 Å². The SMILES string of the molecule is COC(=O)c1ccc(I)cc1-c1cc(/C(C)=C/C(F)(F)F)ccc1C(=O)OC. The number of halogens is 4. The average Bonchev–Trinajstić information content (AvgIpc) is 2.64. The first kappa shape index (κ1) is 21.9. The summed E-state index contributed by atoms with van der Waals surface area (Å²) >= 11 is 2.03. The van der Waals surface area contributed by atoms with E-state index in [0.29, 0.717) is 5.56 Å². The Kier molecular flexibility index (Phi) is 6.87. The lowest BCUT2D eigenvalue weighted by Gasteiger charge is -2.15. The van der Waals surface area contributed by atoms with Crippen LogP contribution in [-0.4, -0.2) is 32.3 Å². The molecule has 4 nitrogen and oxygen atoms in total. The maximum Gasteiger partial charge on any atom is 0.410 e. The average molecular weight is 504 g/mol. The Morgan fingerprint density at radius 3 is 1.93 bits per heavy atom. The molecule has 2 aromatic carbocycles. The minimum absolute atomic E-state index is 0.0320. The fourth-order valence-corrected chi connectivity index (χ4v) is 3.15. The highest BCUT2D eigenvalue weighted by atomic mass is 127. The van der Waals surface area contributed by atoms with E-state index in [1.54, 1.807) is 12.1 Å². The van der Waals surface area contributed by atoms with Gasteiger partial charge >= 0.3 is 18.1 Å². The van der Waals surface area contributed by atoms with E-state index in [0.717, 1.165) is 3.57 Å². The molecule has 0 atom stereocenters. The molecule has 2 aromatic rings. The molecular formula is C20H16F3IO4. The number of carbonyl (C=O) groups is 2. The molecule has 0 saturated carbocycles. The van der Waals surface area contributed by atoms with E-state index >= 15 is 0 Å². The summed E-state index contributed by atoms with van der Waals surface area (Å²) < 4.78 is 48.5. The highest BCUT2D eigenvalue weighted by molar-refractivity contribution is 14.1. The van der Waals surface area contributed by atoms with Crippen molar-refractivity contribution in [2.45, 2.75) is 13.1 Å². The van der Waals surface area contributed by atoms with E-state index in [2.05, 4.69) is 0 Å². The fraction of sp³-hybridized carbons (Fsp3) is 0.200. The van der Waals surface area contributed by atoms with E-state index < -0.39 is 18.1 Å². The number of methoxy groups -OCH3 is 2. The van der Waals surface area contributed by atoms with E-state index in [4.69, 9.17) is 9.47 Å². The van der Waals surface area contributed by atoms with Crippen molar-refractivity contribution in [2.24, 2.45) is 0 Å². The van der Waals surface area contributed by atoms with E-state index in [-0.39, 0.29) is 33.9 Å². The van der Waals surface area contributed by atoms with Crippen molar-refractivity contribution in [3.63, 3.8) is 0 Å². The van der Waals surface area contributed by atoms with Crippen LogP contribution < -0.4 is 0 Å². The first-order valence-corrected chi connectivity index (χ1v) is 9.02. The summed E-state index contributed by atoms with van der Waals surface area (Å²) in [6.45, 7) is 1.32. The molecule has 0 spiro atoms. The van der Waals surface area contributed by atoms with Gasteiger partial charge in [0.05, 0.1) is 25.3 Å². The third-order valence-electron chi connectivity index (χ3n) is 3.94. The summed E-state index contributed by atoms with van der Waals surface area (Å²) in [6, 6.07) is 9.09. The van der Waals surface area contributed by atoms with E-state index in [1.165, 1.54) is 45.4 Å². The maximum absolute atomic E-state index is 12.7. The van der Waals surface area contributed by atoms with Crippen LogP contribution in [0.1, 0.15) is 33.2 Å².